The van der Waals surface area contributed by atoms with E-state index in [1.807, 2.05) is 19.4 Å². The molecule has 2 aliphatic heterocycles. The van der Waals surface area contributed by atoms with E-state index in [2.05, 4.69) is 31.2 Å². The quantitative estimate of drug-likeness (QED) is 0.242. The Morgan fingerprint density at radius 2 is 1.94 bits per heavy atom. The molecule has 0 aromatic carbocycles. The summed E-state index contributed by atoms with van der Waals surface area (Å²) in [6.07, 6.45) is 13.9. The third-order valence-electron chi connectivity index (χ3n) is 11.0. The lowest BCUT2D eigenvalue weighted by Crippen LogP contribution is -2.46. The molecule has 6 aliphatic rings. The summed E-state index contributed by atoms with van der Waals surface area (Å²) < 4.78 is 6.91. The maximum absolute atomic E-state index is 9.34. The number of allylic oxidation sites excluding steroid dienone is 1. The highest BCUT2D eigenvalue weighted by Crippen LogP contribution is 2.64. The third kappa shape index (κ3) is 3.92. The Labute approximate surface area is 202 Å². The molecule has 0 aromatic heterocycles. The number of oxime groups is 1. The van der Waals surface area contributed by atoms with Gasteiger partial charge in [0.25, 0.3) is 0 Å². The van der Waals surface area contributed by atoms with Crippen LogP contribution in [-0.2, 0) is 4.74 Å². The maximum Gasteiger partial charge on any atom is 0.0740 e. The van der Waals surface area contributed by atoms with E-state index in [4.69, 9.17) is 4.74 Å². The smallest absolute Gasteiger partial charge is 0.0740 e. The highest BCUT2D eigenvalue weighted by Gasteiger charge is 2.57. The molecular formula is C29H48N2O2. The van der Waals surface area contributed by atoms with Crippen molar-refractivity contribution in [3.05, 3.63) is 11.1 Å². The van der Waals surface area contributed by atoms with Crippen molar-refractivity contribution in [1.82, 2.24) is 5.32 Å². The van der Waals surface area contributed by atoms with Gasteiger partial charge < -0.3 is 15.3 Å². The van der Waals surface area contributed by atoms with Crippen molar-refractivity contribution >= 4 is 5.71 Å². The van der Waals surface area contributed by atoms with Gasteiger partial charge in [0.1, 0.15) is 0 Å². The molecule has 186 valence electrons. The first-order chi connectivity index (χ1) is 15.9. The molecule has 6 rings (SSSR count). The van der Waals surface area contributed by atoms with Gasteiger partial charge >= 0.3 is 0 Å². The molecule has 1 spiro atoms. The van der Waals surface area contributed by atoms with E-state index in [1.54, 1.807) is 5.57 Å². The lowest BCUT2D eigenvalue weighted by molar-refractivity contribution is -0.0629. The number of piperidine rings is 1. The van der Waals surface area contributed by atoms with Crippen LogP contribution in [0.1, 0.15) is 105 Å². The van der Waals surface area contributed by atoms with E-state index >= 15 is 0 Å². The highest BCUT2D eigenvalue weighted by molar-refractivity contribution is 5.85. The molecule has 4 heteroatoms. The van der Waals surface area contributed by atoms with E-state index in [9.17, 15) is 5.21 Å². The molecule has 4 nitrogen and oxygen atoms in total. The zero-order valence-corrected chi connectivity index (χ0v) is 21.8. The van der Waals surface area contributed by atoms with Gasteiger partial charge in [-0.15, -0.1) is 0 Å². The molecule has 2 N–H and O–H groups in total. The summed E-state index contributed by atoms with van der Waals surface area (Å²) in [5.74, 6) is 3.97. The number of fused-ring (bicyclic) bond motifs is 6. The van der Waals surface area contributed by atoms with E-state index in [0.717, 1.165) is 54.7 Å². The molecule has 0 bridgehead atoms. The second-order valence-corrected chi connectivity index (χ2v) is 12.7. The van der Waals surface area contributed by atoms with Crippen LogP contribution < -0.4 is 5.32 Å². The minimum absolute atomic E-state index is 0.0990. The average Bonchev–Trinajstić information content (AvgIpc) is 3.33. The van der Waals surface area contributed by atoms with Crippen LogP contribution in [0.4, 0.5) is 0 Å². The molecule has 2 saturated heterocycles. The van der Waals surface area contributed by atoms with Gasteiger partial charge in [-0.1, -0.05) is 44.0 Å². The van der Waals surface area contributed by atoms with Gasteiger partial charge in [0.15, 0.2) is 0 Å². The Morgan fingerprint density at radius 1 is 1.12 bits per heavy atom. The molecule has 9 atom stereocenters. The molecule has 5 fully saturated rings. The number of ether oxygens (including phenoxy) is 1. The lowest BCUT2D eigenvalue weighted by atomic mass is 9.52. The van der Waals surface area contributed by atoms with Crippen LogP contribution in [-0.4, -0.2) is 35.2 Å². The Bertz CT molecular complexity index is 805. The summed E-state index contributed by atoms with van der Waals surface area (Å²) in [5.41, 5.74) is 5.09. The highest BCUT2D eigenvalue weighted by atomic mass is 16.5. The van der Waals surface area contributed by atoms with Crippen molar-refractivity contribution in [2.45, 2.75) is 123 Å². The molecule has 0 aromatic rings. The molecule has 0 amide bonds. The molecule has 0 radical (unpaired) electrons. The first-order valence-corrected chi connectivity index (χ1v) is 14.2. The van der Waals surface area contributed by atoms with Crippen LogP contribution in [0.5, 0.6) is 0 Å². The first-order valence-electron chi connectivity index (χ1n) is 14.2. The normalized spacial score (nSPS) is 50.1. The van der Waals surface area contributed by atoms with Crippen LogP contribution in [0.3, 0.4) is 0 Å². The van der Waals surface area contributed by atoms with E-state index < -0.39 is 0 Å². The Hall–Kier alpha value is -0.870. The number of nitrogens with zero attached hydrogens (tertiary/aromatic N) is 1. The number of hydrogen-bond donors (Lipinski definition) is 2. The number of nitrogens with one attached hydrogen (secondary N) is 1. The molecular weight excluding hydrogens is 408 g/mol. The van der Waals surface area contributed by atoms with Gasteiger partial charge in [-0.25, -0.2) is 0 Å². The second kappa shape index (κ2) is 8.97. The fourth-order valence-electron chi connectivity index (χ4n) is 9.33. The van der Waals surface area contributed by atoms with Crippen molar-refractivity contribution in [2.75, 3.05) is 6.54 Å². The predicted octanol–water partition coefficient (Wildman–Crippen LogP) is 6.72. The third-order valence-corrected chi connectivity index (χ3v) is 11.0. The van der Waals surface area contributed by atoms with Gasteiger partial charge in [-0.05, 0) is 119 Å². The van der Waals surface area contributed by atoms with Crippen LogP contribution in [0, 0.1) is 35.0 Å². The molecule has 2 heterocycles. The summed E-state index contributed by atoms with van der Waals surface area (Å²) in [6.45, 7) is 12.6. The van der Waals surface area contributed by atoms with Crippen molar-refractivity contribution in [3.8, 4) is 0 Å². The summed E-state index contributed by atoms with van der Waals surface area (Å²) >= 11 is 0. The lowest BCUT2D eigenvalue weighted by Gasteiger charge is -2.52. The summed E-state index contributed by atoms with van der Waals surface area (Å²) in [7, 11) is 0. The van der Waals surface area contributed by atoms with Gasteiger partial charge in [0.2, 0.25) is 0 Å². The topological polar surface area (TPSA) is 53.9 Å². The average molecular weight is 457 g/mol. The van der Waals surface area contributed by atoms with Crippen molar-refractivity contribution in [1.29, 1.82) is 0 Å². The van der Waals surface area contributed by atoms with Crippen molar-refractivity contribution in [3.63, 3.8) is 0 Å². The maximum atomic E-state index is 9.34. The predicted molar refractivity (Wildman–Crippen MR) is 135 cm³/mol. The summed E-state index contributed by atoms with van der Waals surface area (Å²) in [5, 5.41) is 16.8. The minimum atomic E-state index is 0.0990. The molecule has 3 saturated carbocycles. The van der Waals surface area contributed by atoms with Crippen LogP contribution in [0.25, 0.3) is 0 Å². The van der Waals surface area contributed by atoms with Crippen molar-refractivity contribution in [2.24, 2.45) is 40.2 Å². The van der Waals surface area contributed by atoms with E-state index in [-0.39, 0.29) is 5.60 Å². The molecule has 33 heavy (non-hydrogen) atoms. The van der Waals surface area contributed by atoms with Crippen LogP contribution in [0.15, 0.2) is 16.3 Å². The van der Waals surface area contributed by atoms with E-state index in [1.165, 1.54) is 57.8 Å². The largest absolute Gasteiger partial charge is 0.411 e. The monoisotopic (exact) mass is 456 g/mol. The second-order valence-electron chi connectivity index (χ2n) is 12.7. The summed E-state index contributed by atoms with van der Waals surface area (Å²) in [6, 6.07) is 0.582. The minimum Gasteiger partial charge on any atom is -0.411 e. The zero-order chi connectivity index (χ0) is 23.4. The van der Waals surface area contributed by atoms with Gasteiger partial charge in [0, 0.05) is 6.04 Å². The Morgan fingerprint density at radius 3 is 2.73 bits per heavy atom. The standard InChI is InChI=1S/C27H42N2O2.C2H6/c1-16-10-25-24(28-15-16)14-27(31-25)9-7-20-21-5-4-18-11-19(29-30)6-8-26(18,3)23(21)12-22(20)17(2)13-27;1-2/h16,18,20-21,23-25,28,30H,4-15H2,1-3H3;1-2H3/b29-19+;. The number of hydrogen-bond acceptors (Lipinski definition) is 4. The Kier molecular flexibility index (Phi) is 6.48. The van der Waals surface area contributed by atoms with Crippen LogP contribution >= 0.6 is 0 Å². The Balaban J connectivity index is 0.00000111. The number of rotatable bonds is 0. The molecule has 4 aliphatic carbocycles. The van der Waals surface area contributed by atoms with Crippen LogP contribution in [0.2, 0.25) is 0 Å². The summed E-state index contributed by atoms with van der Waals surface area (Å²) in [4.78, 5) is 0. The van der Waals surface area contributed by atoms with Crippen molar-refractivity contribution < 1.29 is 9.94 Å². The fraction of sp³-hybridized carbons (Fsp3) is 0.897. The van der Waals surface area contributed by atoms with E-state index in [0.29, 0.717) is 17.6 Å². The first kappa shape index (κ1) is 23.9. The zero-order valence-electron chi connectivity index (χ0n) is 21.8. The SMILES string of the molecule is CC.CC1=C2CC3C(CCC4C/C(=N/O)CCC43C)C2CCC2(C1)CC1NCC(C)CC1O2. The van der Waals surface area contributed by atoms with Gasteiger partial charge in [-0.2, -0.15) is 0 Å². The molecule has 9 unspecified atom stereocenters. The van der Waals surface area contributed by atoms with Gasteiger partial charge in [-0.3, -0.25) is 0 Å². The van der Waals surface area contributed by atoms with Gasteiger partial charge in [0.05, 0.1) is 17.4 Å². The fourth-order valence-corrected chi connectivity index (χ4v) is 9.33.